The summed E-state index contributed by atoms with van der Waals surface area (Å²) in [6.07, 6.45) is 0. The third-order valence-corrected chi connectivity index (χ3v) is 2.98. The molecule has 0 fully saturated rings. The van der Waals surface area contributed by atoms with Gasteiger partial charge in [0.2, 0.25) is 0 Å². The molecule has 1 aromatic heterocycles. The average molecular weight is 304 g/mol. The van der Waals surface area contributed by atoms with Crippen LogP contribution in [0.4, 0.5) is 0 Å². The number of hydrogen-bond acceptors (Lipinski definition) is 6. The first-order valence-electron chi connectivity index (χ1n) is 6.57. The van der Waals surface area contributed by atoms with Crippen molar-refractivity contribution in [2.24, 2.45) is 5.73 Å². The molecule has 0 atom stereocenters. The van der Waals surface area contributed by atoms with Gasteiger partial charge in [0.25, 0.3) is 5.91 Å². The summed E-state index contributed by atoms with van der Waals surface area (Å²) in [4.78, 5) is 22.3. The van der Waals surface area contributed by atoms with Gasteiger partial charge in [-0.15, -0.1) is 0 Å². The molecule has 0 aliphatic rings. The molecule has 1 amide bonds. The fourth-order valence-corrected chi connectivity index (χ4v) is 1.80. The Labute approximate surface area is 127 Å². The molecule has 22 heavy (non-hydrogen) atoms. The van der Waals surface area contributed by atoms with Crippen LogP contribution in [0, 0.1) is 13.8 Å². The normalized spacial score (nSPS) is 10.3. The molecule has 2 N–H and O–H groups in total. The predicted molar refractivity (Wildman–Crippen MR) is 76.2 cm³/mol. The molecule has 2 rings (SSSR count). The quantitative estimate of drug-likeness (QED) is 0.811. The molecule has 0 radical (unpaired) electrons. The van der Waals surface area contributed by atoms with Gasteiger partial charge in [0.1, 0.15) is 18.1 Å². The minimum Gasteiger partial charge on any atom is -0.489 e. The van der Waals surface area contributed by atoms with E-state index in [0.717, 1.165) is 11.3 Å². The van der Waals surface area contributed by atoms with Crippen LogP contribution < -0.4 is 10.5 Å². The summed E-state index contributed by atoms with van der Waals surface area (Å²) >= 11 is 0. The highest BCUT2D eigenvalue weighted by Crippen LogP contribution is 2.18. The largest absolute Gasteiger partial charge is 0.489 e. The smallest absolute Gasteiger partial charge is 0.338 e. The molecule has 0 spiro atoms. The van der Waals surface area contributed by atoms with E-state index in [1.807, 2.05) is 6.92 Å². The van der Waals surface area contributed by atoms with Gasteiger partial charge in [0.05, 0.1) is 16.8 Å². The number of carbonyl (C=O) groups excluding carboxylic acids is 2. The summed E-state index contributed by atoms with van der Waals surface area (Å²) in [5.41, 5.74) is 6.82. The highest BCUT2D eigenvalue weighted by molar-refractivity contribution is 5.91. The summed E-state index contributed by atoms with van der Waals surface area (Å²) in [7, 11) is 0. The lowest BCUT2D eigenvalue weighted by Crippen LogP contribution is -2.20. The van der Waals surface area contributed by atoms with E-state index in [9.17, 15) is 9.59 Å². The Kier molecular flexibility index (Phi) is 4.77. The van der Waals surface area contributed by atoms with Gasteiger partial charge in [-0.3, -0.25) is 4.79 Å². The fourth-order valence-electron chi connectivity index (χ4n) is 1.80. The van der Waals surface area contributed by atoms with Crippen LogP contribution in [0.15, 0.2) is 28.8 Å². The third kappa shape index (κ3) is 3.85. The van der Waals surface area contributed by atoms with Crippen molar-refractivity contribution in [1.29, 1.82) is 0 Å². The highest BCUT2D eigenvalue weighted by atomic mass is 16.5. The van der Waals surface area contributed by atoms with Gasteiger partial charge < -0.3 is 19.7 Å². The van der Waals surface area contributed by atoms with Gasteiger partial charge in [-0.25, -0.2) is 4.79 Å². The number of aromatic nitrogens is 1. The zero-order valence-electron chi connectivity index (χ0n) is 12.3. The van der Waals surface area contributed by atoms with Gasteiger partial charge in [-0.1, -0.05) is 11.2 Å². The Hall–Kier alpha value is -2.83. The number of hydrogen-bond donors (Lipinski definition) is 1. The first kappa shape index (κ1) is 15.6. The molecular weight excluding hydrogens is 288 g/mol. The maximum absolute atomic E-state index is 11.7. The maximum atomic E-state index is 11.7. The topological polar surface area (TPSA) is 105 Å². The van der Waals surface area contributed by atoms with E-state index in [2.05, 4.69) is 5.16 Å². The summed E-state index contributed by atoms with van der Waals surface area (Å²) < 4.78 is 15.4. The summed E-state index contributed by atoms with van der Waals surface area (Å²) in [5, 5.41) is 3.84. The summed E-state index contributed by atoms with van der Waals surface area (Å²) in [6, 6.07) is 6.46. The van der Waals surface area contributed by atoms with E-state index in [1.165, 1.54) is 6.07 Å². The predicted octanol–water partition coefficient (Wildman–Crippen LogP) is 1.51. The molecule has 0 bridgehead atoms. The van der Waals surface area contributed by atoms with Crippen LogP contribution in [0.25, 0.3) is 0 Å². The third-order valence-electron chi connectivity index (χ3n) is 2.98. The van der Waals surface area contributed by atoms with E-state index >= 15 is 0 Å². The van der Waals surface area contributed by atoms with Crippen molar-refractivity contribution in [3.05, 3.63) is 46.8 Å². The van der Waals surface area contributed by atoms with E-state index in [4.69, 9.17) is 19.7 Å². The lowest BCUT2D eigenvalue weighted by molar-refractivity contribution is -0.121. The van der Waals surface area contributed by atoms with E-state index in [1.54, 1.807) is 25.1 Å². The second kappa shape index (κ2) is 6.75. The Balaban J connectivity index is 2.02. The molecule has 0 aliphatic heterocycles. The number of carbonyl (C=O) groups is 2. The lowest BCUT2D eigenvalue weighted by Gasteiger charge is -2.07. The van der Waals surface area contributed by atoms with Crippen LogP contribution in [-0.4, -0.2) is 23.6 Å². The second-order valence-corrected chi connectivity index (χ2v) is 4.66. The van der Waals surface area contributed by atoms with Crippen LogP contribution >= 0.6 is 0 Å². The molecule has 1 heterocycles. The van der Waals surface area contributed by atoms with Gasteiger partial charge in [0.15, 0.2) is 6.61 Å². The number of nitrogens with two attached hydrogens (primary N) is 1. The van der Waals surface area contributed by atoms with Crippen LogP contribution in [0.1, 0.15) is 27.4 Å². The van der Waals surface area contributed by atoms with E-state index < -0.39 is 18.5 Å². The van der Waals surface area contributed by atoms with Crippen LogP contribution in [0.5, 0.6) is 5.75 Å². The van der Waals surface area contributed by atoms with Gasteiger partial charge >= 0.3 is 5.97 Å². The van der Waals surface area contributed by atoms with Crippen molar-refractivity contribution in [3.63, 3.8) is 0 Å². The van der Waals surface area contributed by atoms with Crippen molar-refractivity contribution in [3.8, 4) is 5.75 Å². The molecule has 7 heteroatoms. The number of esters is 1. The molecule has 1 aromatic carbocycles. The number of ether oxygens (including phenoxy) is 2. The minimum atomic E-state index is -0.709. The van der Waals surface area contributed by atoms with Crippen molar-refractivity contribution in [2.45, 2.75) is 20.5 Å². The van der Waals surface area contributed by atoms with Gasteiger partial charge in [-0.05, 0) is 32.0 Å². The molecular formula is C15H16N2O5. The van der Waals surface area contributed by atoms with Crippen molar-refractivity contribution < 1.29 is 23.6 Å². The highest BCUT2D eigenvalue weighted by Gasteiger charge is 2.12. The van der Waals surface area contributed by atoms with Gasteiger partial charge in [0, 0.05) is 0 Å². The fraction of sp³-hybridized carbons (Fsp3) is 0.267. The Morgan fingerprint density at radius 2 is 2.09 bits per heavy atom. The average Bonchev–Trinajstić information content (AvgIpc) is 2.82. The first-order chi connectivity index (χ1) is 10.5. The summed E-state index contributed by atoms with van der Waals surface area (Å²) in [5.74, 6) is -0.163. The van der Waals surface area contributed by atoms with Crippen LogP contribution in [-0.2, 0) is 16.1 Å². The van der Waals surface area contributed by atoms with Crippen molar-refractivity contribution in [2.75, 3.05) is 6.61 Å². The Morgan fingerprint density at radius 3 is 2.73 bits per heavy atom. The van der Waals surface area contributed by atoms with Gasteiger partial charge in [-0.2, -0.15) is 0 Å². The number of benzene rings is 1. The minimum absolute atomic E-state index is 0.275. The molecule has 116 valence electrons. The number of nitrogens with zero attached hydrogens (tertiary/aromatic N) is 1. The molecule has 0 aliphatic carbocycles. The first-order valence-corrected chi connectivity index (χ1v) is 6.57. The molecule has 2 aromatic rings. The zero-order chi connectivity index (χ0) is 16.1. The monoisotopic (exact) mass is 304 g/mol. The molecule has 0 saturated carbocycles. The Bertz CT molecular complexity index is 673. The standard InChI is InChI=1S/C15H16N2O5/c1-9-13(10(2)22-17-9)7-20-12-5-3-4-11(6-12)15(19)21-8-14(16)18/h3-6H,7-8H2,1-2H3,(H2,16,18). The molecule has 0 saturated heterocycles. The van der Waals surface area contributed by atoms with Crippen molar-refractivity contribution in [1.82, 2.24) is 5.16 Å². The van der Waals surface area contributed by atoms with Crippen LogP contribution in [0.3, 0.4) is 0 Å². The van der Waals surface area contributed by atoms with E-state index in [-0.39, 0.29) is 12.2 Å². The molecule has 7 nitrogen and oxygen atoms in total. The van der Waals surface area contributed by atoms with Crippen molar-refractivity contribution >= 4 is 11.9 Å². The molecule has 0 unspecified atom stereocenters. The van der Waals surface area contributed by atoms with E-state index in [0.29, 0.717) is 11.5 Å². The summed E-state index contributed by atoms with van der Waals surface area (Å²) in [6.45, 7) is 3.45. The zero-order valence-corrected chi connectivity index (χ0v) is 12.3. The maximum Gasteiger partial charge on any atom is 0.338 e. The number of primary amides is 1. The number of rotatable bonds is 6. The number of amides is 1. The SMILES string of the molecule is Cc1noc(C)c1COc1cccc(C(=O)OCC(N)=O)c1. The second-order valence-electron chi connectivity index (χ2n) is 4.66. The Morgan fingerprint density at radius 1 is 1.32 bits per heavy atom. The number of aryl methyl sites for hydroxylation is 2. The lowest BCUT2D eigenvalue weighted by atomic mass is 10.2. The van der Waals surface area contributed by atoms with Crippen LogP contribution in [0.2, 0.25) is 0 Å².